The Kier molecular flexibility index (Phi) is 5.61. The van der Waals surface area contributed by atoms with Crippen molar-refractivity contribution in [1.29, 1.82) is 0 Å². The third-order valence-corrected chi connectivity index (χ3v) is 8.44. The van der Waals surface area contributed by atoms with Crippen molar-refractivity contribution in [2.24, 2.45) is 4.99 Å². The van der Waals surface area contributed by atoms with Crippen LogP contribution in [0.15, 0.2) is 102 Å². The highest BCUT2D eigenvalue weighted by atomic mass is 16.2. The zero-order valence-electron chi connectivity index (χ0n) is 22.4. The predicted octanol–water partition coefficient (Wildman–Crippen LogP) is 4.21. The van der Waals surface area contributed by atoms with Crippen LogP contribution >= 0.6 is 0 Å². The molecule has 1 aliphatic carbocycles. The van der Waals surface area contributed by atoms with Gasteiger partial charge in [0.15, 0.2) is 5.66 Å². The van der Waals surface area contributed by atoms with Crippen LogP contribution < -0.4 is 10.6 Å². The predicted molar refractivity (Wildman–Crippen MR) is 156 cm³/mol. The number of hydrogen-bond donors (Lipinski definition) is 2. The monoisotopic (exact) mass is 541 g/mol. The fourth-order valence-corrected chi connectivity index (χ4v) is 6.32. The highest BCUT2D eigenvalue weighted by Gasteiger charge is 2.51. The van der Waals surface area contributed by atoms with Crippen molar-refractivity contribution >= 4 is 34.9 Å². The fourth-order valence-electron chi connectivity index (χ4n) is 6.32. The van der Waals surface area contributed by atoms with E-state index in [2.05, 4.69) is 15.6 Å². The summed E-state index contributed by atoms with van der Waals surface area (Å²) >= 11 is 0. The number of rotatable bonds is 5. The van der Waals surface area contributed by atoms with E-state index < -0.39 is 11.1 Å². The largest absolute Gasteiger partial charge is 0.325 e. The fraction of sp³-hybridized carbons (Fsp3) is 0.182. The van der Waals surface area contributed by atoms with Crippen molar-refractivity contribution in [1.82, 2.24) is 9.88 Å². The minimum atomic E-state index is -1.04. The number of pyridine rings is 1. The van der Waals surface area contributed by atoms with Crippen LogP contribution in [0.25, 0.3) is 0 Å². The van der Waals surface area contributed by atoms with E-state index in [1.165, 1.54) is 4.90 Å². The Labute approximate surface area is 237 Å². The van der Waals surface area contributed by atoms with Crippen molar-refractivity contribution < 1.29 is 14.4 Å². The molecular formula is C33H27N5O3. The van der Waals surface area contributed by atoms with Gasteiger partial charge in [-0.1, -0.05) is 72.8 Å². The Hall–Kier alpha value is -5.11. The Morgan fingerprint density at radius 1 is 0.927 bits per heavy atom. The molecule has 0 fully saturated rings. The average molecular weight is 542 g/mol. The van der Waals surface area contributed by atoms with E-state index in [0.717, 1.165) is 22.3 Å². The van der Waals surface area contributed by atoms with Crippen LogP contribution in [0.4, 0.5) is 11.5 Å². The molecule has 41 heavy (non-hydrogen) atoms. The molecule has 2 aliphatic heterocycles. The number of anilines is 2. The highest BCUT2D eigenvalue weighted by Crippen LogP contribution is 2.47. The van der Waals surface area contributed by atoms with E-state index in [0.29, 0.717) is 35.6 Å². The minimum Gasteiger partial charge on any atom is -0.325 e. The molecule has 0 unspecified atom stereocenters. The molecule has 0 saturated heterocycles. The average Bonchev–Trinajstić information content (AvgIpc) is 3.60. The summed E-state index contributed by atoms with van der Waals surface area (Å²) in [6, 6.07) is 28.4. The smallest absolute Gasteiger partial charge is 0.275 e. The SMILES string of the molecule is C[C@@]1(c2ccccc2)N=C(c2ccccc2)C(=O)N1CC(=O)Nc1ccc2c(c1)C[C@@]1(C2)C(=O)Nc2ncccc21. The maximum absolute atomic E-state index is 13.7. The number of carbonyl (C=O) groups excluding carboxylic acids is 3. The maximum atomic E-state index is 13.7. The van der Waals surface area contributed by atoms with Crippen LogP contribution in [0.3, 0.4) is 0 Å². The van der Waals surface area contributed by atoms with Gasteiger partial charge in [0, 0.05) is 23.0 Å². The molecule has 2 atom stereocenters. The zero-order chi connectivity index (χ0) is 28.2. The lowest BCUT2D eigenvalue weighted by Gasteiger charge is -2.33. The molecule has 202 valence electrons. The zero-order valence-corrected chi connectivity index (χ0v) is 22.4. The van der Waals surface area contributed by atoms with Gasteiger partial charge in [-0.2, -0.15) is 0 Å². The molecule has 3 aliphatic rings. The van der Waals surface area contributed by atoms with Crippen LogP contribution in [0.5, 0.6) is 0 Å². The molecule has 8 nitrogen and oxygen atoms in total. The van der Waals surface area contributed by atoms with E-state index in [1.807, 2.05) is 97.9 Å². The molecule has 4 aromatic rings. The van der Waals surface area contributed by atoms with Crippen molar-refractivity contribution in [3.05, 3.63) is 125 Å². The van der Waals surface area contributed by atoms with E-state index in [4.69, 9.17) is 4.99 Å². The van der Waals surface area contributed by atoms with Gasteiger partial charge in [0.25, 0.3) is 5.91 Å². The maximum Gasteiger partial charge on any atom is 0.275 e. The van der Waals surface area contributed by atoms with E-state index in [1.54, 1.807) is 6.20 Å². The molecule has 1 aromatic heterocycles. The highest BCUT2D eigenvalue weighted by molar-refractivity contribution is 6.47. The number of aromatic nitrogens is 1. The van der Waals surface area contributed by atoms with E-state index >= 15 is 0 Å². The first kappa shape index (κ1) is 24.9. The van der Waals surface area contributed by atoms with E-state index in [9.17, 15) is 14.4 Å². The second kappa shape index (κ2) is 9.23. The van der Waals surface area contributed by atoms with Gasteiger partial charge in [-0.3, -0.25) is 19.3 Å². The van der Waals surface area contributed by atoms with Gasteiger partial charge in [-0.25, -0.2) is 9.98 Å². The molecule has 2 N–H and O–H groups in total. The number of nitrogens with zero attached hydrogens (tertiary/aromatic N) is 3. The van der Waals surface area contributed by atoms with Crippen LogP contribution in [0.2, 0.25) is 0 Å². The summed E-state index contributed by atoms with van der Waals surface area (Å²) in [6.45, 7) is 1.68. The van der Waals surface area contributed by atoms with Gasteiger partial charge in [-0.15, -0.1) is 0 Å². The Morgan fingerprint density at radius 2 is 1.66 bits per heavy atom. The molecule has 0 saturated carbocycles. The summed E-state index contributed by atoms with van der Waals surface area (Å²) in [5.41, 5.74) is 3.75. The number of amides is 3. The number of nitrogens with one attached hydrogen (secondary N) is 2. The molecular weight excluding hydrogens is 514 g/mol. The van der Waals surface area contributed by atoms with Crippen molar-refractivity contribution in [2.45, 2.75) is 30.8 Å². The molecule has 0 radical (unpaired) electrons. The lowest BCUT2D eigenvalue weighted by molar-refractivity contribution is -0.132. The minimum absolute atomic E-state index is 0.0463. The van der Waals surface area contributed by atoms with Crippen LogP contribution in [0, 0.1) is 0 Å². The summed E-state index contributed by atoms with van der Waals surface area (Å²) < 4.78 is 0. The molecule has 7 rings (SSSR count). The summed E-state index contributed by atoms with van der Waals surface area (Å²) in [7, 11) is 0. The number of fused-ring (bicyclic) bond motifs is 3. The first-order valence-electron chi connectivity index (χ1n) is 13.6. The second-order valence-electron chi connectivity index (χ2n) is 10.9. The third-order valence-electron chi connectivity index (χ3n) is 8.44. The summed E-state index contributed by atoms with van der Waals surface area (Å²) in [4.78, 5) is 50.9. The van der Waals surface area contributed by atoms with Gasteiger partial charge in [0.1, 0.15) is 18.1 Å². The Balaban J connectivity index is 1.13. The lowest BCUT2D eigenvalue weighted by Crippen LogP contribution is -2.46. The Bertz CT molecular complexity index is 1750. The van der Waals surface area contributed by atoms with Crippen molar-refractivity contribution in [3.8, 4) is 0 Å². The lowest BCUT2D eigenvalue weighted by atomic mass is 9.79. The van der Waals surface area contributed by atoms with Gasteiger partial charge in [0.05, 0.1) is 5.41 Å². The van der Waals surface area contributed by atoms with Crippen molar-refractivity contribution in [2.75, 3.05) is 17.2 Å². The number of carbonyl (C=O) groups is 3. The first-order valence-corrected chi connectivity index (χ1v) is 13.6. The van der Waals surface area contributed by atoms with Gasteiger partial charge >= 0.3 is 0 Å². The molecule has 3 amide bonds. The van der Waals surface area contributed by atoms with E-state index in [-0.39, 0.29) is 24.3 Å². The Morgan fingerprint density at radius 3 is 2.44 bits per heavy atom. The van der Waals surface area contributed by atoms with Gasteiger partial charge < -0.3 is 10.6 Å². The summed E-state index contributed by atoms with van der Waals surface area (Å²) in [5, 5.41) is 5.90. The number of hydrogen-bond acceptors (Lipinski definition) is 5. The number of aliphatic imine (C=N–C) groups is 1. The van der Waals surface area contributed by atoms with Gasteiger partial charge in [0.2, 0.25) is 11.8 Å². The molecule has 3 heterocycles. The normalized spacial score (nSPS) is 22.4. The third kappa shape index (κ3) is 3.94. The standard InChI is InChI=1S/C33H27N5O3/c1-32(24-11-6-3-7-12-24)37-28(21-9-4-2-5-10-21)30(40)38(32)20-27(39)35-25-15-14-22-18-33(19-23(22)17-25)26-13-8-16-34-29(26)36-31(33)41/h2-17H,18-20H2,1H3,(H,35,39)(H,34,36,41)/t32-,33-/m1/s1. The number of benzene rings is 3. The molecule has 1 spiro atoms. The van der Waals surface area contributed by atoms with Crippen LogP contribution in [-0.4, -0.2) is 39.9 Å². The topological polar surface area (TPSA) is 104 Å². The quantitative estimate of drug-likeness (QED) is 0.395. The molecule has 8 heteroatoms. The van der Waals surface area contributed by atoms with Gasteiger partial charge in [-0.05, 0) is 54.7 Å². The van der Waals surface area contributed by atoms with Crippen LogP contribution in [0.1, 0.15) is 34.7 Å². The molecule has 3 aromatic carbocycles. The second-order valence-corrected chi connectivity index (χ2v) is 10.9. The van der Waals surface area contributed by atoms with Crippen LogP contribution in [-0.2, 0) is 38.3 Å². The summed E-state index contributed by atoms with van der Waals surface area (Å²) in [5.74, 6) is -0.0541. The molecule has 0 bridgehead atoms. The first-order chi connectivity index (χ1) is 19.9. The summed E-state index contributed by atoms with van der Waals surface area (Å²) in [6.07, 6.45) is 2.79. The van der Waals surface area contributed by atoms with Crippen molar-refractivity contribution in [3.63, 3.8) is 0 Å².